The first kappa shape index (κ1) is 22.1. The van der Waals surface area contributed by atoms with Crippen LogP contribution >= 0.6 is 11.6 Å². The predicted molar refractivity (Wildman–Crippen MR) is 112 cm³/mol. The fourth-order valence-electron chi connectivity index (χ4n) is 3.25. The summed E-state index contributed by atoms with van der Waals surface area (Å²) < 4.78 is 26.6. The molecular weight excluding hydrogens is 430 g/mol. The molecule has 2 aromatic rings. The number of sulfonamides is 1. The van der Waals surface area contributed by atoms with Gasteiger partial charge in [0.05, 0.1) is 11.3 Å². The molecule has 1 aliphatic rings. The summed E-state index contributed by atoms with van der Waals surface area (Å²) in [5, 5.41) is 10.0. The molecule has 0 saturated carbocycles. The Bertz CT molecular complexity index is 1020. The number of piperidine rings is 1. The number of aromatic hydroxyl groups is 1. The van der Waals surface area contributed by atoms with Crippen LogP contribution in [0.2, 0.25) is 5.02 Å². The molecule has 1 fully saturated rings. The van der Waals surface area contributed by atoms with Crippen LogP contribution in [-0.2, 0) is 20.6 Å². The summed E-state index contributed by atoms with van der Waals surface area (Å²) in [5.74, 6) is -1.88. The second-order valence-corrected chi connectivity index (χ2v) is 9.43. The summed E-state index contributed by atoms with van der Waals surface area (Å²) in [6, 6.07) is 12.9. The number of halogens is 1. The maximum Gasteiger partial charge on any atom is 0.273 e. The summed E-state index contributed by atoms with van der Waals surface area (Å²) in [4.78, 5) is 24.5. The molecule has 8 nitrogen and oxygen atoms in total. The first-order valence-corrected chi connectivity index (χ1v) is 11.4. The van der Waals surface area contributed by atoms with Gasteiger partial charge in [-0.2, -0.15) is 0 Å². The van der Waals surface area contributed by atoms with Crippen molar-refractivity contribution in [3.8, 4) is 5.75 Å². The molecule has 160 valence electrons. The average molecular weight is 452 g/mol. The smallest absolute Gasteiger partial charge is 0.273 e. The van der Waals surface area contributed by atoms with E-state index in [9.17, 15) is 23.1 Å². The van der Waals surface area contributed by atoms with E-state index in [0.29, 0.717) is 18.4 Å². The van der Waals surface area contributed by atoms with Gasteiger partial charge in [-0.25, -0.2) is 12.7 Å². The van der Waals surface area contributed by atoms with Crippen LogP contribution < -0.4 is 10.9 Å². The Morgan fingerprint density at radius 1 is 1.07 bits per heavy atom. The predicted octanol–water partition coefficient (Wildman–Crippen LogP) is 2.05. The number of carbonyl (C=O) groups is 2. The van der Waals surface area contributed by atoms with Crippen molar-refractivity contribution in [2.75, 3.05) is 13.1 Å². The maximum absolute atomic E-state index is 12.6. The van der Waals surface area contributed by atoms with Crippen LogP contribution in [0, 0.1) is 5.92 Å². The molecule has 3 N–H and O–H groups in total. The number of hydrogen-bond acceptors (Lipinski definition) is 5. The van der Waals surface area contributed by atoms with Gasteiger partial charge in [-0.3, -0.25) is 20.4 Å². The van der Waals surface area contributed by atoms with Gasteiger partial charge < -0.3 is 5.11 Å². The van der Waals surface area contributed by atoms with Crippen molar-refractivity contribution < 1.29 is 23.1 Å². The zero-order valence-electron chi connectivity index (χ0n) is 16.0. The maximum atomic E-state index is 12.6. The lowest BCUT2D eigenvalue weighted by atomic mass is 9.98. The van der Waals surface area contributed by atoms with Gasteiger partial charge in [0.15, 0.2) is 0 Å². The van der Waals surface area contributed by atoms with Crippen LogP contribution in [0.3, 0.4) is 0 Å². The van der Waals surface area contributed by atoms with E-state index in [1.165, 1.54) is 22.5 Å². The van der Waals surface area contributed by atoms with Crippen molar-refractivity contribution in [2.24, 2.45) is 5.92 Å². The average Bonchev–Trinajstić information content (AvgIpc) is 2.74. The van der Waals surface area contributed by atoms with Gasteiger partial charge in [-0.15, -0.1) is 0 Å². The SMILES string of the molecule is O=C(NNC(=O)C1CCN(S(=O)(=O)Cc2ccccc2)CC1)c1cc(Cl)ccc1O. The molecule has 3 rings (SSSR count). The Morgan fingerprint density at radius 2 is 1.73 bits per heavy atom. The highest BCUT2D eigenvalue weighted by molar-refractivity contribution is 7.88. The van der Waals surface area contributed by atoms with Gasteiger partial charge in [0, 0.05) is 24.0 Å². The molecule has 0 aliphatic carbocycles. The van der Waals surface area contributed by atoms with Crippen molar-refractivity contribution in [3.63, 3.8) is 0 Å². The number of hydrazine groups is 1. The number of amides is 2. The Kier molecular flexibility index (Phi) is 6.96. The minimum absolute atomic E-state index is 0.0652. The zero-order chi connectivity index (χ0) is 21.7. The number of phenolic OH excluding ortho intramolecular Hbond substituents is 1. The fraction of sp³-hybridized carbons (Fsp3) is 0.300. The second kappa shape index (κ2) is 9.46. The number of carbonyl (C=O) groups excluding carboxylic acids is 2. The minimum atomic E-state index is -3.46. The van der Waals surface area contributed by atoms with Crippen molar-refractivity contribution in [1.29, 1.82) is 0 Å². The first-order valence-electron chi connectivity index (χ1n) is 9.37. The fourth-order valence-corrected chi connectivity index (χ4v) is 4.99. The molecule has 0 unspecified atom stereocenters. The summed E-state index contributed by atoms with van der Waals surface area (Å²) in [5.41, 5.74) is 5.23. The summed E-state index contributed by atoms with van der Waals surface area (Å²) in [6.07, 6.45) is 0.691. The van der Waals surface area contributed by atoms with E-state index in [-0.39, 0.29) is 35.2 Å². The highest BCUT2D eigenvalue weighted by atomic mass is 35.5. The highest BCUT2D eigenvalue weighted by Gasteiger charge is 2.31. The standard InChI is InChI=1S/C20H22ClN3O5S/c21-16-6-7-18(25)17(12-16)20(27)23-22-19(26)15-8-10-24(11-9-15)30(28,29)13-14-4-2-1-3-5-14/h1-7,12,15,25H,8-11,13H2,(H,22,26)(H,23,27). The topological polar surface area (TPSA) is 116 Å². The van der Waals surface area contributed by atoms with Gasteiger partial charge in [0.2, 0.25) is 15.9 Å². The Labute approximate surface area is 179 Å². The monoisotopic (exact) mass is 451 g/mol. The van der Waals surface area contributed by atoms with E-state index in [4.69, 9.17) is 11.6 Å². The lowest BCUT2D eigenvalue weighted by molar-refractivity contribution is -0.126. The van der Waals surface area contributed by atoms with E-state index >= 15 is 0 Å². The molecule has 0 spiro atoms. The van der Waals surface area contributed by atoms with E-state index in [1.807, 2.05) is 6.07 Å². The highest BCUT2D eigenvalue weighted by Crippen LogP contribution is 2.23. The molecular formula is C20H22ClN3O5S. The molecule has 30 heavy (non-hydrogen) atoms. The van der Waals surface area contributed by atoms with Crippen LogP contribution in [0.1, 0.15) is 28.8 Å². The molecule has 10 heteroatoms. The molecule has 0 bridgehead atoms. The van der Waals surface area contributed by atoms with Crippen molar-refractivity contribution in [3.05, 3.63) is 64.7 Å². The Hall–Kier alpha value is -2.62. The Balaban J connectivity index is 1.50. The van der Waals surface area contributed by atoms with Gasteiger partial charge in [0.25, 0.3) is 5.91 Å². The number of benzene rings is 2. The number of phenols is 1. The van der Waals surface area contributed by atoms with Crippen LogP contribution in [-0.4, -0.2) is 42.7 Å². The lowest BCUT2D eigenvalue weighted by Crippen LogP contribution is -2.48. The quantitative estimate of drug-likeness (QED) is 0.601. The number of hydrogen-bond donors (Lipinski definition) is 3. The lowest BCUT2D eigenvalue weighted by Gasteiger charge is -2.30. The summed E-state index contributed by atoms with van der Waals surface area (Å²) in [6.45, 7) is 0.465. The van der Waals surface area contributed by atoms with Gasteiger partial charge in [-0.05, 0) is 36.6 Å². The normalized spacial score (nSPS) is 15.5. The van der Waals surface area contributed by atoms with Crippen LogP contribution in [0.25, 0.3) is 0 Å². The zero-order valence-corrected chi connectivity index (χ0v) is 17.6. The van der Waals surface area contributed by atoms with Crippen LogP contribution in [0.5, 0.6) is 5.75 Å². The number of rotatable bonds is 5. The van der Waals surface area contributed by atoms with E-state index in [2.05, 4.69) is 10.9 Å². The van der Waals surface area contributed by atoms with Crippen molar-refractivity contribution >= 4 is 33.4 Å². The third-order valence-electron chi connectivity index (χ3n) is 4.91. The third kappa shape index (κ3) is 5.50. The molecule has 0 atom stereocenters. The van der Waals surface area contributed by atoms with Gasteiger partial charge in [0.1, 0.15) is 5.75 Å². The largest absolute Gasteiger partial charge is 0.507 e. The molecule has 2 amide bonds. The second-order valence-electron chi connectivity index (χ2n) is 7.02. The molecule has 1 heterocycles. The van der Waals surface area contributed by atoms with Crippen molar-refractivity contribution in [1.82, 2.24) is 15.2 Å². The first-order chi connectivity index (χ1) is 14.3. The van der Waals surface area contributed by atoms with E-state index in [1.54, 1.807) is 24.3 Å². The van der Waals surface area contributed by atoms with Gasteiger partial charge >= 0.3 is 0 Å². The minimum Gasteiger partial charge on any atom is -0.507 e. The third-order valence-corrected chi connectivity index (χ3v) is 7.00. The van der Waals surface area contributed by atoms with Crippen molar-refractivity contribution in [2.45, 2.75) is 18.6 Å². The van der Waals surface area contributed by atoms with Gasteiger partial charge in [-0.1, -0.05) is 41.9 Å². The summed E-state index contributed by atoms with van der Waals surface area (Å²) >= 11 is 5.81. The number of nitrogens with zero attached hydrogens (tertiary/aromatic N) is 1. The molecule has 1 aliphatic heterocycles. The molecule has 0 radical (unpaired) electrons. The van der Waals surface area contributed by atoms with Crippen LogP contribution in [0.4, 0.5) is 0 Å². The molecule has 2 aromatic carbocycles. The number of nitrogens with one attached hydrogen (secondary N) is 2. The molecule has 0 aromatic heterocycles. The summed E-state index contributed by atoms with van der Waals surface area (Å²) in [7, 11) is -3.46. The van der Waals surface area contributed by atoms with E-state index in [0.717, 1.165) is 0 Å². The van der Waals surface area contributed by atoms with E-state index < -0.39 is 27.8 Å². The van der Waals surface area contributed by atoms with Crippen LogP contribution in [0.15, 0.2) is 48.5 Å². The Morgan fingerprint density at radius 3 is 2.40 bits per heavy atom. The molecule has 1 saturated heterocycles.